The molecule has 10 aromatic rings. The van der Waals surface area contributed by atoms with Gasteiger partial charge in [0.2, 0.25) is 0 Å². The fourth-order valence-corrected chi connectivity index (χ4v) is 10.2. The number of nitrogens with zero attached hydrogens (tertiary/aromatic N) is 1. The number of aryl methyl sites for hydroxylation is 1. The summed E-state index contributed by atoms with van der Waals surface area (Å²) in [5, 5.41) is 2.49. The minimum atomic E-state index is -0.0456. The van der Waals surface area contributed by atoms with Gasteiger partial charge >= 0.3 is 0 Å². The zero-order chi connectivity index (χ0) is 43.9. The molecule has 1 atom stereocenters. The SMILES string of the molecule is C=Cc1ccc(COc2ccc(-n3c4ccccc4c4ccc(-c5ccc(CCC(c6ccc(-c7ccccc7)cc6)c6ccc7c(c6)C(C)(C)c6ccccc6-7)cc5)cc43)cc2)cc1. The van der Waals surface area contributed by atoms with Gasteiger partial charge in [-0.2, -0.15) is 0 Å². The molecule has 1 aliphatic rings. The Morgan fingerprint density at radius 2 is 1.12 bits per heavy atom. The maximum atomic E-state index is 6.19. The van der Waals surface area contributed by atoms with E-state index in [1.165, 1.54) is 83.0 Å². The smallest absolute Gasteiger partial charge is 0.119 e. The van der Waals surface area contributed by atoms with Gasteiger partial charge in [-0.25, -0.2) is 0 Å². The molecule has 1 heterocycles. The lowest BCUT2D eigenvalue weighted by atomic mass is 9.79. The van der Waals surface area contributed by atoms with Gasteiger partial charge in [0.25, 0.3) is 0 Å². The summed E-state index contributed by atoms with van der Waals surface area (Å²) in [5.74, 6) is 1.10. The standard InChI is InChI=1S/C63H51NO/c1-4-43-18-20-45(21-19-43)42-65-53-35-33-52(34-36-53)64-61-17-11-9-15-57(61)58-39-31-50(41-62(58)64)48-25-22-44(23-26-48)24-37-54(49-29-27-47(28-30-49)46-12-6-5-7-13-46)51-32-38-56-55-14-8-10-16-59(55)63(2,3)60(56)40-51/h4-23,25-36,38-41,54H,1,24,37,42H2,2-3H3. The zero-order valence-corrected chi connectivity index (χ0v) is 37.0. The van der Waals surface area contributed by atoms with Crippen LogP contribution in [0.1, 0.15) is 65.1 Å². The Kier molecular flexibility index (Phi) is 10.4. The van der Waals surface area contributed by atoms with Gasteiger partial charge in [0.1, 0.15) is 12.4 Å². The first kappa shape index (κ1) is 40.1. The highest BCUT2D eigenvalue weighted by Crippen LogP contribution is 2.50. The summed E-state index contributed by atoms with van der Waals surface area (Å²) in [4.78, 5) is 0. The number of hydrogen-bond acceptors (Lipinski definition) is 1. The van der Waals surface area contributed by atoms with Gasteiger partial charge in [-0.15, -0.1) is 0 Å². The Labute approximate surface area is 382 Å². The molecule has 0 aliphatic heterocycles. The summed E-state index contributed by atoms with van der Waals surface area (Å²) in [6.45, 7) is 9.13. The quantitative estimate of drug-likeness (QED) is 0.120. The van der Waals surface area contributed by atoms with Crippen molar-refractivity contribution in [2.24, 2.45) is 0 Å². The maximum absolute atomic E-state index is 6.19. The van der Waals surface area contributed by atoms with Crippen LogP contribution in [-0.4, -0.2) is 4.57 Å². The molecular weight excluding hydrogens is 787 g/mol. The highest BCUT2D eigenvalue weighted by atomic mass is 16.5. The summed E-state index contributed by atoms with van der Waals surface area (Å²) >= 11 is 0. The molecule has 65 heavy (non-hydrogen) atoms. The van der Waals surface area contributed by atoms with E-state index >= 15 is 0 Å². The van der Waals surface area contributed by atoms with E-state index in [9.17, 15) is 0 Å². The van der Waals surface area contributed by atoms with Crippen molar-refractivity contribution in [2.75, 3.05) is 0 Å². The predicted octanol–water partition coefficient (Wildman–Crippen LogP) is 16.4. The fraction of sp³-hybridized carbons (Fsp3) is 0.111. The van der Waals surface area contributed by atoms with E-state index in [-0.39, 0.29) is 11.3 Å². The molecule has 1 aromatic heterocycles. The Balaban J connectivity index is 0.867. The van der Waals surface area contributed by atoms with Crippen LogP contribution in [0.25, 0.3) is 66.9 Å². The van der Waals surface area contributed by atoms with Gasteiger partial charge < -0.3 is 9.30 Å². The summed E-state index contributed by atoms with van der Waals surface area (Å²) in [5.41, 5.74) is 20.2. The average Bonchev–Trinajstić information content (AvgIpc) is 3.81. The molecule has 0 amide bonds. The van der Waals surface area contributed by atoms with Gasteiger partial charge in [-0.1, -0.05) is 202 Å². The molecule has 11 rings (SSSR count). The minimum absolute atomic E-state index is 0.0456. The van der Waals surface area contributed by atoms with Crippen molar-refractivity contribution in [2.45, 2.75) is 44.6 Å². The number of ether oxygens (including phenoxy) is 1. The van der Waals surface area contributed by atoms with Crippen molar-refractivity contribution >= 4 is 27.9 Å². The first-order valence-corrected chi connectivity index (χ1v) is 22.9. The van der Waals surface area contributed by atoms with Gasteiger partial charge in [-0.3, -0.25) is 0 Å². The Morgan fingerprint density at radius 3 is 1.91 bits per heavy atom. The van der Waals surface area contributed by atoms with Crippen LogP contribution in [0.15, 0.2) is 219 Å². The number of benzene rings is 9. The van der Waals surface area contributed by atoms with Crippen LogP contribution in [0.2, 0.25) is 0 Å². The van der Waals surface area contributed by atoms with Crippen molar-refractivity contribution in [1.29, 1.82) is 0 Å². The Bertz CT molecular complexity index is 3320. The third-order valence-corrected chi connectivity index (χ3v) is 13.8. The Hall–Kier alpha value is -7.68. The molecule has 314 valence electrons. The second-order valence-electron chi connectivity index (χ2n) is 18.1. The maximum Gasteiger partial charge on any atom is 0.119 e. The van der Waals surface area contributed by atoms with Crippen LogP contribution < -0.4 is 4.74 Å². The second-order valence-corrected chi connectivity index (χ2v) is 18.1. The third-order valence-electron chi connectivity index (χ3n) is 13.8. The van der Waals surface area contributed by atoms with E-state index in [4.69, 9.17) is 4.74 Å². The average molecular weight is 838 g/mol. The van der Waals surface area contributed by atoms with Crippen LogP contribution in [0.3, 0.4) is 0 Å². The first-order chi connectivity index (χ1) is 31.9. The highest BCUT2D eigenvalue weighted by molar-refractivity contribution is 6.10. The molecule has 0 spiro atoms. The number of fused-ring (bicyclic) bond motifs is 6. The van der Waals surface area contributed by atoms with E-state index in [0.29, 0.717) is 6.61 Å². The van der Waals surface area contributed by atoms with Crippen LogP contribution in [-0.2, 0) is 18.4 Å². The van der Waals surface area contributed by atoms with Crippen molar-refractivity contribution in [1.82, 2.24) is 4.57 Å². The number of para-hydroxylation sites is 1. The molecule has 1 unspecified atom stereocenters. The van der Waals surface area contributed by atoms with E-state index in [2.05, 4.69) is 237 Å². The van der Waals surface area contributed by atoms with Gasteiger partial charge in [0, 0.05) is 27.8 Å². The van der Waals surface area contributed by atoms with Crippen molar-refractivity contribution in [3.63, 3.8) is 0 Å². The van der Waals surface area contributed by atoms with Crippen LogP contribution in [0.5, 0.6) is 5.75 Å². The lowest BCUT2D eigenvalue weighted by Gasteiger charge is -2.24. The summed E-state index contributed by atoms with van der Waals surface area (Å²) in [6.07, 6.45) is 3.84. The van der Waals surface area contributed by atoms with Crippen LogP contribution >= 0.6 is 0 Å². The second kappa shape index (κ2) is 16.8. The molecule has 1 aliphatic carbocycles. The van der Waals surface area contributed by atoms with Crippen molar-refractivity contribution in [3.8, 4) is 44.8 Å². The summed E-state index contributed by atoms with van der Waals surface area (Å²) in [6, 6.07) is 77.9. The monoisotopic (exact) mass is 837 g/mol. The molecule has 2 heteroatoms. The van der Waals surface area contributed by atoms with E-state index in [0.717, 1.165) is 35.4 Å². The predicted molar refractivity (Wildman–Crippen MR) is 273 cm³/mol. The number of hydrogen-bond donors (Lipinski definition) is 0. The Morgan fingerprint density at radius 1 is 0.508 bits per heavy atom. The molecule has 9 aromatic carbocycles. The fourth-order valence-electron chi connectivity index (χ4n) is 10.2. The van der Waals surface area contributed by atoms with Crippen LogP contribution in [0, 0.1) is 0 Å². The highest BCUT2D eigenvalue weighted by Gasteiger charge is 2.35. The van der Waals surface area contributed by atoms with Crippen molar-refractivity contribution in [3.05, 3.63) is 258 Å². The lowest BCUT2D eigenvalue weighted by molar-refractivity contribution is 0.306. The van der Waals surface area contributed by atoms with E-state index < -0.39 is 0 Å². The molecule has 0 fully saturated rings. The molecule has 0 saturated heterocycles. The summed E-state index contributed by atoms with van der Waals surface area (Å²) in [7, 11) is 0. The lowest BCUT2D eigenvalue weighted by Crippen LogP contribution is -2.15. The molecule has 2 nitrogen and oxygen atoms in total. The topological polar surface area (TPSA) is 14.2 Å². The van der Waals surface area contributed by atoms with E-state index in [1.54, 1.807) is 0 Å². The largest absolute Gasteiger partial charge is 0.489 e. The van der Waals surface area contributed by atoms with Crippen LogP contribution in [0.4, 0.5) is 0 Å². The zero-order valence-electron chi connectivity index (χ0n) is 37.0. The summed E-state index contributed by atoms with van der Waals surface area (Å²) < 4.78 is 8.57. The minimum Gasteiger partial charge on any atom is -0.489 e. The number of rotatable bonds is 12. The van der Waals surface area contributed by atoms with Gasteiger partial charge in [-0.05, 0) is 122 Å². The molecule has 0 bridgehead atoms. The first-order valence-electron chi connectivity index (χ1n) is 22.9. The van der Waals surface area contributed by atoms with E-state index in [1.807, 2.05) is 6.08 Å². The number of aromatic nitrogens is 1. The molecule has 0 radical (unpaired) electrons. The third kappa shape index (κ3) is 7.55. The van der Waals surface area contributed by atoms with Gasteiger partial charge in [0.05, 0.1) is 11.0 Å². The molecular formula is C63H51NO. The van der Waals surface area contributed by atoms with Crippen molar-refractivity contribution < 1.29 is 4.74 Å². The normalized spacial score (nSPS) is 13.1. The molecule has 0 N–H and O–H groups in total. The van der Waals surface area contributed by atoms with Gasteiger partial charge in [0.15, 0.2) is 0 Å². The molecule has 0 saturated carbocycles.